The maximum Gasteiger partial charge on any atom is 0.337 e. The van der Waals surface area contributed by atoms with Gasteiger partial charge in [0.25, 0.3) is 11.8 Å². The van der Waals surface area contributed by atoms with Gasteiger partial charge in [-0.05, 0) is 75.3 Å². The van der Waals surface area contributed by atoms with E-state index in [1.165, 1.54) is 12.0 Å². The summed E-state index contributed by atoms with van der Waals surface area (Å²) in [4.78, 5) is 38.4. The number of carbonyl (C=O) groups excluding carboxylic acids is 3. The smallest absolute Gasteiger partial charge is 0.337 e. The highest BCUT2D eigenvalue weighted by Crippen LogP contribution is 2.27. The molecule has 156 valence electrons. The molecule has 1 aliphatic rings. The number of aryl methyl sites for hydroxylation is 2. The minimum absolute atomic E-state index is 0.0331. The normalized spacial score (nSPS) is 15.6. The molecule has 0 bridgehead atoms. The number of ether oxygens (including phenoxy) is 1. The number of nitrogens with one attached hydrogen (secondary N) is 1. The summed E-state index contributed by atoms with van der Waals surface area (Å²) in [5, 5.41) is 2.68. The number of likely N-dealkylation sites (N-methyl/N-ethyl adjacent to an activating group) is 1. The van der Waals surface area contributed by atoms with Gasteiger partial charge in [-0.2, -0.15) is 0 Å². The topological polar surface area (TPSA) is 80.6 Å². The number of carbonyl (C=O) groups is 3. The number of hydrogen-bond acceptors (Lipinski definition) is 5. The molecule has 0 unspecified atom stereocenters. The van der Waals surface area contributed by atoms with E-state index in [2.05, 4.69) is 5.32 Å². The summed E-state index contributed by atoms with van der Waals surface area (Å²) in [6.45, 7) is 7.94. The number of amides is 2. The summed E-state index contributed by atoms with van der Waals surface area (Å²) in [7, 11) is 1.34. The Morgan fingerprint density at radius 2 is 1.90 bits per heavy atom. The molecule has 1 N–H and O–H groups in total. The van der Waals surface area contributed by atoms with Gasteiger partial charge in [0.05, 0.1) is 12.7 Å². The summed E-state index contributed by atoms with van der Waals surface area (Å²) in [6, 6.07) is 7.25. The summed E-state index contributed by atoms with van der Waals surface area (Å²) in [5.74, 6) is -1.34. The average molecular weight is 426 g/mol. The molecule has 1 aliphatic heterocycles. The molecule has 0 radical (unpaired) electrons. The number of nitrogens with zero attached hydrogens (tertiary/aromatic N) is 2. The zero-order valence-corrected chi connectivity index (χ0v) is 18.3. The van der Waals surface area contributed by atoms with Crippen LogP contribution >= 0.6 is 12.2 Å². The molecule has 0 atom stereocenters. The summed E-state index contributed by atoms with van der Waals surface area (Å²) < 4.78 is 6.82. The molecule has 0 saturated carbocycles. The Morgan fingerprint density at radius 3 is 2.53 bits per heavy atom. The van der Waals surface area contributed by atoms with Crippen LogP contribution in [0.2, 0.25) is 0 Å². The molecule has 3 rings (SSSR count). The van der Waals surface area contributed by atoms with Gasteiger partial charge >= 0.3 is 5.97 Å². The van der Waals surface area contributed by atoms with Crippen molar-refractivity contribution in [2.75, 3.05) is 13.7 Å². The molecule has 1 aromatic heterocycles. The fourth-order valence-electron chi connectivity index (χ4n) is 3.54. The van der Waals surface area contributed by atoms with Crippen molar-refractivity contribution in [2.45, 2.75) is 27.7 Å². The van der Waals surface area contributed by atoms with Gasteiger partial charge < -0.3 is 9.30 Å². The molecule has 8 heteroatoms. The van der Waals surface area contributed by atoms with E-state index in [1.54, 1.807) is 25.1 Å². The van der Waals surface area contributed by atoms with Gasteiger partial charge in [0, 0.05) is 23.6 Å². The molecule has 30 heavy (non-hydrogen) atoms. The van der Waals surface area contributed by atoms with Crippen molar-refractivity contribution in [2.24, 2.45) is 0 Å². The number of thiocarbonyl (C=S) groups is 1. The molecule has 2 amide bonds. The highest BCUT2D eigenvalue weighted by molar-refractivity contribution is 7.80. The fraction of sp³-hybridized carbons (Fsp3) is 0.273. The summed E-state index contributed by atoms with van der Waals surface area (Å²) in [5.41, 5.74) is 4.74. The van der Waals surface area contributed by atoms with E-state index in [4.69, 9.17) is 17.0 Å². The van der Waals surface area contributed by atoms with E-state index < -0.39 is 17.8 Å². The van der Waals surface area contributed by atoms with Gasteiger partial charge in [-0.3, -0.25) is 19.8 Å². The number of hydrogen-bond donors (Lipinski definition) is 1. The first-order chi connectivity index (χ1) is 14.2. The highest BCUT2D eigenvalue weighted by atomic mass is 32.1. The summed E-state index contributed by atoms with van der Waals surface area (Å²) in [6.07, 6.45) is 1.58. The Kier molecular flexibility index (Phi) is 5.89. The maximum absolute atomic E-state index is 12.7. The van der Waals surface area contributed by atoms with Crippen LogP contribution in [0.15, 0.2) is 29.8 Å². The minimum Gasteiger partial charge on any atom is -0.465 e. The monoisotopic (exact) mass is 425 g/mol. The number of methoxy groups -OCH3 is 1. The van der Waals surface area contributed by atoms with E-state index in [0.29, 0.717) is 12.1 Å². The number of benzene rings is 1. The minimum atomic E-state index is -0.511. The maximum atomic E-state index is 12.7. The molecule has 7 nitrogen and oxygen atoms in total. The predicted molar refractivity (Wildman–Crippen MR) is 117 cm³/mol. The second kappa shape index (κ2) is 8.23. The first kappa shape index (κ1) is 21.4. The van der Waals surface area contributed by atoms with Crippen molar-refractivity contribution >= 4 is 41.2 Å². The molecule has 2 aromatic rings. The van der Waals surface area contributed by atoms with E-state index in [-0.39, 0.29) is 10.7 Å². The molecule has 1 saturated heterocycles. The Bertz CT molecular complexity index is 1110. The van der Waals surface area contributed by atoms with Gasteiger partial charge in [0.2, 0.25) is 0 Å². The molecule has 1 fully saturated rings. The van der Waals surface area contributed by atoms with Gasteiger partial charge in [-0.15, -0.1) is 0 Å². The van der Waals surface area contributed by atoms with E-state index in [0.717, 1.165) is 28.2 Å². The standard InChI is InChI=1S/C22H23N3O4S/c1-6-24-20(27)17(19(26)23-22(24)30)10-16-9-13(3)25(14(16)4)18-11-15(21(28)29-5)8-7-12(18)2/h7-11H,6H2,1-5H3,(H,23,26,30)/b17-10+. The number of rotatable bonds is 4. The van der Waals surface area contributed by atoms with Crippen molar-refractivity contribution in [3.05, 3.63) is 57.9 Å². The van der Waals surface area contributed by atoms with Crippen LogP contribution in [0.3, 0.4) is 0 Å². The third-order valence-electron chi connectivity index (χ3n) is 5.14. The Hall–Kier alpha value is -3.26. The van der Waals surface area contributed by atoms with Gasteiger partial charge in [0.15, 0.2) is 5.11 Å². The molecular formula is C22H23N3O4S. The quantitative estimate of drug-likeness (QED) is 0.353. The van der Waals surface area contributed by atoms with Crippen LogP contribution in [0.5, 0.6) is 0 Å². The largest absolute Gasteiger partial charge is 0.465 e. The predicted octanol–water partition coefficient (Wildman–Crippen LogP) is 2.84. The lowest BCUT2D eigenvalue weighted by Crippen LogP contribution is -2.53. The fourth-order valence-corrected chi connectivity index (χ4v) is 3.84. The van der Waals surface area contributed by atoms with Crippen LogP contribution in [-0.2, 0) is 14.3 Å². The van der Waals surface area contributed by atoms with Crippen molar-refractivity contribution < 1.29 is 19.1 Å². The number of aromatic nitrogens is 1. The van der Waals surface area contributed by atoms with Gasteiger partial charge in [-0.25, -0.2) is 4.79 Å². The second-order valence-electron chi connectivity index (χ2n) is 7.02. The van der Waals surface area contributed by atoms with Crippen LogP contribution in [0, 0.1) is 20.8 Å². The van der Waals surface area contributed by atoms with Crippen molar-refractivity contribution in [3.63, 3.8) is 0 Å². The molecule has 0 spiro atoms. The molecule has 0 aliphatic carbocycles. The lowest BCUT2D eigenvalue weighted by atomic mass is 10.1. The van der Waals surface area contributed by atoms with Gasteiger partial charge in [0.1, 0.15) is 5.57 Å². The number of esters is 1. The van der Waals surface area contributed by atoms with Crippen molar-refractivity contribution in [1.29, 1.82) is 0 Å². The molecular weight excluding hydrogens is 402 g/mol. The van der Waals surface area contributed by atoms with Crippen LogP contribution in [0.25, 0.3) is 11.8 Å². The lowest BCUT2D eigenvalue weighted by Gasteiger charge is -2.27. The third-order valence-corrected chi connectivity index (χ3v) is 5.47. The highest BCUT2D eigenvalue weighted by Gasteiger charge is 2.32. The third kappa shape index (κ3) is 3.66. The Morgan fingerprint density at radius 1 is 1.20 bits per heavy atom. The van der Waals surface area contributed by atoms with E-state index >= 15 is 0 Å². The second-order valence-corrected chi connectivity index (χ2v) is 7.41. The van der Waals surface area contributed by atoms with Gasteiger partial charge in [-0.1, -0.05) is 6.07 Å². The zero-order chi connectivity index (χ0) is 22.2. The van der Waals surface area contributed by atoms with E-state index in [1.807, 2.05) is 37.5 Å². The van der Waals surface area contributed by atoms with Crippen LogP contribution in [0.1, 0.15) is 39.8 Å². The van der Waals surface area contributed by atoms with Crippen LogP contribution < -0.4 is 5.32 Å². The van der Waals surface area contributed by atoms with Crippen molar-refractivity contribution in [1.82, 2.24) is 14.8 Å². The molecule has 1 aromatic carbocycles. The average Bonchev–Trinajstić information content (AvgIpc) is 2.98. The first-order valence-corrected chi connectivity index (χ1v) is 9.87. The van der Waals surface area contributed by atoms with E-state index in [9.17, 15) is 14.4 Å². The SMILES string of the molecule is CCN1C(=O)/C(=C/c2cc(C)n(-c3cc(C(=O)OC)ccc3C)c2C)C(=O)NC1=S. The first-order valence-electron chi connectivity index (χ1n) is 9.46. The van der Waals surface area contributed by atoms with Crippen LogP contribution in [-0.4, -0.2) is 46.0 Å². The summed E-state index contributed by atoms with van der Waals surface area (Å²) >= 11 is 5.07. The Labute approximate surface area is 180 Å². The van der Waals surface area contributed by atoms with Crippen molar-refractivity contribution in [3.8, 4) is 5.69 Å². The van der Waals surface area contributed by atoms with Crippen LogP contribution in [0.4, 0.5) is 0 Å². The zero-order valence-electron chi connectivity index (χ0n) is 17.5. The Balaban J connectivity index is 2.11. The molecule has 2 heterocycles. The lowest BCUT2D eigenvalue weighted by molar-refractivity contribution is -0.128.